The molecule has 2 N–H and O–H groups in total. The van der Waals surface area contributed by atoms with Gasteiger partial charge < -0.3 is 9.30 Å². The second kappa shape index (κ2) is 13.8. The number of para-hydroxylation sites is 1. The standard InChI is InChI=1S/C38H41N3O4/c1-5-27-41-33-24-16-15-23-31(33)32(35(41)39-36(43)44-37(2,3)4)25-26-34(42)40-45-38(28-17-9-6-10-18-28,29-19-11-7-12-20-29)30-21-13-8-14-22-30/h6-24H,5,25-27H2,1-4H3,(H,39,43)(H,40,42). The summed E-state index contributed by atoms with van der Waals surface area (Å²) in [4.78, 5) is 33.0. The number of amides is 2. The Morgan fingerprint density at radius 2 is 1.24 bits per heavy atom. The average Bonchev–Trinajstić information content (AvgIpc) is 3.32. The third kappa shape index (κ3) is 7.10. The van der Waals surface area contributed by atoms with Gasteiger partial charge in [0.25, 0.3) is 0 Å². The van der Waals surface area contributed by atoms with Crippen LogP contribution in [0.1, 0.15) is 62.8 Å². The number of aromatic nitrogens is 1. The molecule has 0 saturated heterocycles. The monoisotopic (exact) mass is 603 g/mol. The van der Waals surface area contributed by atoms with Crippen molar-refractivity contribution in [3.05, 3.63) is 138 Å². The number of carbonyl (C=O) groups is 2. The molecule has 0 aliphatic rings. The Morgan fingerprint density at radius 1 is 0.733 bits per heavy atom. The first-order valence-corrected chi connectivity index (χ1v) is 15.5. The molecule has 0 radical (unpaired) electrons. The number of nitrogens with zero attached hydrogens (tertiary/aromatic N) is 1. The lowest BCUT2D eigenvalue weighted by Crippen LogP contribution is -2.40. The van der Waals surface area contributed by atoms with Crippen molar-refractivity contribution in [1.29, 1.82) is 0 Å². The highest BCUT2D eigenvalue weighted by molar-refractivity contribution is 5.95. The predicted octanol–water partition coefficient (Wildman–Crippen LogP) is 8.37. The number of aryl methyl sites for hydroxylation is 2. The van der Waals surface area contributed by atoms with Crippen molar-refractivity contribution in [2.75, 3.05) is 5.32 Å². The number of nitrogens with one attached hydrogen (secondary N) is 2. The molecule has 5 aromatic rings. The highest BCUT2D eigenvalue weighted by Gasteiger charge is 2.39. The van der Waals surface area contributed by atoms with Crippen molar-refractivity contribution in [2.24, 2.45) is 0 Å². The Bertz CT molecular complexity index is 1630. The minimum absolute atomic E-state index is 0.136. The summed E-state index contributed by atoms with van der Waals surface area (Å²) in [5.74, 6) is 0.367. The van der Waals surface area contributed by atoms with Crippen molar-refractivity contribution >= 4 is 28.7 Å². The van der Waals surface area contributed by atoms with Crippen LogP contribution in [0.4, 0.5) is 10.6 Å². The average molecular weight is 604 g/mol. The molecule has 45 heavy (non-hydrogen) atoms. The summed E-state index contributed by atoms with van der Waals surface area (Å²) >= 11 is 0. The van der Waals surface area contributed by atoms with Gasteiger partial charge in [-0.3, -0.25) is 14.9 Å². The van der Waals surface area contributed by atoms with Crippen LogP contribution in [0.5, 0.6) is 0 Å². The van der Waals surface area contributed by atoms with Crippen molar-refractivity contribution in [1.82, 2.24) is 10.0 Å². The fourth-order valence-electron chi connectivity index (χ4n) is 5.75. The lowest BCUT2D eigenvalue weighted by molar-refractivity contribution is -0.143. The van der Waals surface area contributed by atoms with E-state index in [4.69, 9.17) is 9.57 Å². The van der Waals surface area contributed by atoms with Gasteiger partial charge in [-0.25, -0.2) is 10.3 Å². The number of hydroxylamine groups is 1. The molecular formula is C38H41N3O4. The third-order valence-corrected chi connectivity index (χ3v) is 7.60. The van der Waals surface area contributed by atoms with Crippen LogP contribution in [0.2, 0.25) is 0 Å². The molecule has 2 amide bonds. The van der Waals surface area contributed by atoms with Crippen LogP contribution in [0.25, 0.3) is 10.9 Å². The summed E-state index contributed by atoms with van der Waals surface area (Å²) < 4.78 is 7.68. The first kappa shape index (κ1) is 31.5. The largest absolute Gasteiger partial charge is 0.444 e. The zero-order valence-electron chi connectivity index (χ0n) is 26.4. The molecule has 0 unspecified atom stereocenters. The van der Waals surface area contributed by atoms with Gasteiger partial charge in [0.1, 0.15) is 11.4 Å². The van der Waals surface area contributed by atoms with Crippen molar-refractivity contribution in [3.63, 3.8) is 0 Å². The number of rotatable bonds is 11. The van der Waals surface area contributed by atoms with E-state index < -0.39 is 17.3 Å². The number of anilines is 1. The summed E-state index contributed by atoms with van der Waals surface area (Å²) in [5.41, 5.74) is 5.59. The molecule has 7 nitrogen and oxygen atoms in total. The van der Waals surface area contributed by atoms with Crippen LogP contribution < -0.4 is 10.8 Å². The van der Waals surface area contributed by atoms with E-state index in [-0.39, 0.29) is 12.3 Å². The zero-order valence-corrected chi connectivity index (χ0v) is 26.4. The van der Waals surface area contributed by atoms with E-state index in [2.05, 4.69) is 22.3 Å². The molecular weight excluding hydrogens is 562 g/mol. The molecule has 0 spiro atoms. The normalized spacial score (nSPS) is 11.7. The van der Waals surface area contributed by atoms with Crippen molar-refractivity contribution < 1.29 is 19.2 Å². The van der Waals surface area contributed by atoms with Crippen LogP contribution in [-0.4, -0.2) is 22.2 Å². The summed E-state index contributed by atoms with van der Waals surface area (Å²) in [7, 11) is 0. The van der Waals surface area contributed by atoms with E-state index in [1.165, 1.54) is 0 Å². The lowest BCUT2D eigenvalue weighted by atomic mass is 9.80. The Kier molecular flexibility index (Phi) is 9.69. The van der Waals surface area contributed by atoms with Crippen LogP contribution >= 0.6 is 0 Å². The van der Waals surface area contributed by atoms with Gasteiger partial charge >= 0.3 is 6.09 Å². The van der Waals surface area contributed by atoms with Gasteiger partial charge in [-0.05, 0) is 56.4 Å². The third-order valence-electron chi connectivity index (χ3n) is 7.60. The molecule has 1 aromatic heterocycles. The van der Waals surface area contributed by atoms with Crippen molar-refractivity contribution in [3.8, 4) is 0 Å². The quantitative estimate of drug-likeness (QED) is 0.117. The van der Waals surface area contributed by atoms with Gasteiger partial charge in [-0.1, -0.05) is 116 Å². The molecule has 0 bridgehead atoms. The molecule has 7 heteroatoms. The highest BCUT2D eigenvalue weighted by atomic mass is 16.7. The second-order valence-corrected chi connectivity index (χ2v) is 12.0. The number of carbonyl (C=O) groups excluding carboxylic acids is 2. The zero-order chi connectivity index (χ0) is 31.9. The Labute approximate surface area is 265 Å². The van der Waals surface area contributed by atoms with Crippen molar-refractivity contribution in [2.45, 2.75) is 64.7 Å². The summed E-state index contributed by atoms with van der Waals surface area (Å²) in [5, 5.41) is 3.98. The Hall–Kier alpha value is -4.88. The number of ether oxygens (including phenoxy) is 1. The maximum Gasteiger partial charge on any atom is 0.413 e. The molecule has 0 fully saturated rings. The van der Waals surface area contributed by atoms with E-state index in [0.717, 1.165) is 39.6 Å². The first-order chi connectivity index (χ1) is 21.7. The fourth-order valence-corrected chi connectivity index (χ4v) is 5.75. The summed E-state index contributed by atoms with van der Waals surface area (Å²) in [6.07, 6.45) is 0.857. The van der Waals surface area contributed by atoms with Gasteiger partial charge in [0.05, 0.1) is 0 Å². The summed E-state index contributed by atoms with van der Waals surface area (Å²) in [6, 6.07) is 37.7. The highest BCUT2D eigenvalue weighted by Crippen LogP contribution is 2.40. The van der Waals surface area contributed by atoms with Gasteiger partial charge in [0.2, 0.25) is 5.91 Å². The van der Waals surface area contributed by atoms with Gasteiger partial charge in [-0.15, -0.1) is 0 Å². The van der Waals surface area contributed by atoms with E-state index in [9.17, 15) is 9.59 Å². The molecule has 0 aliphatic heterocycles. The maximum absolute atomic E-state index is 13.6. The second-order valence-electron chi connectivity index (χ2n) is 12.0. The maximum atomic E-state index is 13.6. The smallest absolute Gasteiger partial charge is 0.413 e. The first-order valence-electron chi connectivity index (χ1n) is 15.5. The Balaban J connectivity index is 1.45. The predicted molar refractivity (Wildman–Crippen MR) is 179 cm³/mol. The number of hydrogen-bond donors (Lipinski definition) is 2. The SMILES string of the molecule is CCCn1c(NC(=O)OC(C)(C)C)c(CCC(=O)NOC(c2ccccc2)(c2ccccc2)c2ccccc2)c2ccccc21. The summed E-state index contributed by atoms with van der Waals surface area (Å²) in [6.45, 7) is 8.29. The molecule has 1 heterocycles. The minimum atomic E-state index is -1.08. The van der Waals surface area contributed by atoms with E-state index >= 15 is 0 Å². The van der Waals surface area contributed by atoms with E-state index in [1.54, 1.807) is 0 Å². The van der Waals surface area contributed by atoms with E-state index in [1.807, 2.05) is 136 Å². The van der Waals surface area contributed by atoms with Crippen LogP contribution in [0.15, 0.2) is 115 Å². The number of hydrogen-bond acceptors (Lipinski definition) is 4. The van der Waals surface area contributed by atoms with Crippen LogP contribution in [-0.2, 0) is 32.9 Å². The molecule has 4 aromatic carbocycles. The Morgan fingerprint density at radius 3 is 1.76 bits per heavy atom. The minimum Gasteiger partial charge on any atom is -0.444 e. The number of fused-ring (bicyclic) bond motifs is 1. The molecule has 5 rings (SSSR count). The number of benzene rings is 4. The van der Waals surface area contributed by atoms with Gasteiger partial charge in [0.15, 0.2) is 5.60 Å². The van der Waals surface area contributed by atoms with Gasteiger partial charge in [0, 0.05) is 29.4 Å². The topological polar surface area (TPSA) is 81.6 Å². The molecule has 232 valence electrons. The van der Waals surface area contributed by atoms with Crippen LogP contribution in [0, 0.1) is 0 Å². The van der Waals surface area contributed by atoms with E-state index in [0.29, 0.717) is 18.8 Å². The van der Waals surface area contributed by atoms with Gasteiger partial charge in [-0.2, -0.15) is 0 Å². The lowest BCUT2D eigenvalue weighted by Gasteiger charge is -2.35. The molecule has 0 atom stereocenters. The fraction of sp³-hybridized carbons (Fsp3) is 0.263. The molecule has 0 saturated carbocycles. The van der Waals surface area contributed by atoms with Crippen LogP contribution in [0.3, 0.4) is 0 Å². The molecule has 0 aliphatic carbocycles.